The number of hydrogen-bond acceptors (Lipinski definition) is 5. The number of pyridine rings is 1. The number of aromatic nitrogens is 1. The van der Waals surface area contributed by atoms with E-state index in [4.69, 9.17) is 0 Å². The fraction of sp³-hybridized carbons (Fsp3) is 0.130. The van der Waals surface area contributed by atoms with Crippen molar-refractivity contribution < 1.29 is 10.2 Å². The predicted octanol–water partition coefficient (Wildman–Crippen LogP) is 3.54. The maximum atomic E-state index is 13.0. The van der Waals surface area contributed by atoms with Gasteiger partial charge in [-0.2, -0.15) is 5.10 Å². The SMILES string of the molecule is Cn1c(=O)c(C2=NNC(c3c(O)ccc4ccccc34)C2)c(O)c2ccccc21. The molecule has 5 rings (SSSR count). The highest BCUT2D eigenvalue weighted by Crippen LogP contribution is 2.37. The van der Waals surface area contributed by atoms with Gasteiger partial charge in [-0.3, -0.25) is 4.79 Å². The van der Waals surface area contributed by atoms with Crippen molar-refractivity contribution >= 4 is 27.4 Å². The van der Waals surface area contributed by atoms with Crippen molar-refractivity contribution in [1.29, 1.82) is 0 Å². The summed E-state index contributed by atoms with van der Waals surface area (Å²) in [6.45, 7) is 0. The number of nitrogens with zero attached hydrogens (tertiary/aromatic N) is 2. The topological polar surface area (TPSA) is 86.9 Å². The first-order valence-electron chi connectivity index (χ1n) is 9.40. The number of rotatable bonds is 2. The normalized spacial score (nSPS) is 16.2. The second kappa shape index (κ2) is 6.38. The zero-order chi connectivity index (χ0) is 20.1. The predicted molar refractivity (Wildman–Crippen MR) is 113 cm³/mol. The Labute approximate surface area is 166 Å². The molecule has 0 saturated carbocycles. The van der Waals surface area contributed by atoms with Crippen molar-refractivity contribution in [2.75, 3.05) is 0 Å². The lowest BCUT2D eigenvalue weighted by atomic mass is 9.93. The van der Waals surface area contributed by atoms with Crippen LogP contribution in [0.5, 0.6) is 11.5 Å². The molecule has 1 aliphatic rings. The number of para-hydroxylation sites is 1. The van der Waals surface area contributed by atoms with Gasteiger partial charge in [0.1, 0.15) is 17.1 Å². The standard InChI is InChI=1S/C23H19N3O3/c1-26-18-9-5-4-8-15(18)22(28)21(23(26)29)17-12-16(24-25-17)20-14-7-3-2-6-13(14)10-11-19(20)27/h2-11,16,24,27-28H,12H2,1H3. The van der Waals surface area contributed by atoms with Crippen LogP contribution in [0.25, 0.3) is 21.7 Å². The van der Waals surface area contributed by atoms with E-state index in [0.717, 1.165) is 16.3 Å². The number of nitrogens with one attached hydrogen (secondary N) is 1. The summed E-state index contributed by atoms with van der Waals surface area (Å²) in [6.07, 6.45) is 0.378. The molecule has 0 aliphatic carbocycles. The molecule has 0 spiro atoms. The molecular formula is C23H19N3O3. The number of fused-ring (bicyclic) bond motifs is 2. The molecule has 1 atom stereocenters. The smallest absolute Gasteiger partial charge is 0.263 e. The molecule has 6 nitrogen and oxygen atoms in total. The van der Waals surface area contributed by atoms with Crippen LogP contribution in [0.15, 0.2) is 70.6 Å². The minimum atomic E-state index is -0.301. The number of hydrazone groups is 1. The number of phenols is 1. The van der Waals surface area contributed by atoms with Crippen LogP contribution in [0.2, 0.25) is 0 Å². The van der Waals surface area contributed by atoms with Gasteiger partial charge in [-0.15, -0.1) is 0 Å². The molecule has 3 N–H and O–H groups in total. The van der Waals surface area contributed by atoms with Crippen LogP contribution in [0, 0.1) is 0 Å². The van der Waals surface area contributed by atoms with Gasteiger partial charge in [0.05, 0.1) is 17.3 Å². The summed E-state index contributed by atoms with van der Waals surface area (Å²) >= 11 is 0. The molecule has 0 saturated heterocycles. The van der Waals surface area contributed by atoms with E-state index in [-0.39, 0.29) is 28.7 Å². The Morgan fingerprint density at radius 3 is 2.55 bits per heavy atom. The Morgan fingerprint density at radius 2 is 1.72 bits per heavy atom. The van der Waals surface area contributed by atoms with E-state index in [9.17, 15) is 15.0 Å². The first-order valence-corrected chi connectivity index (χ1v) is 9.40. The molecule has 1 aromatic heterocycles. The van der Waals surface area contributed by atoms with E-state index < -0.39 is 0 Å². The van der Waals surface area contributed by atoms with Gasteiger partial charge in [0.25, 0.3) is 5.56 Å². The molecule has 0 fully saturated rings. The monoisotopic (exact) mass is 385 g/mol. The lowest BCUT2D eigenvalue weighted by Gasteiger charge is -2.16. The highest BCUT2D eigenvalue weighted by molar-refractivity contribution is 6.07. The maximum absolute atomic E-state index is 13.0. The Kier molecular flexibility index (Phi) is 3.81. The molecule has 1 aliphatic heterocycles. The van der Waals surface area contributed by atoms with Crippen LogP contribution in [0.3, 0.4) is 0 Å². The highest BCUT2D eigenvalue weighted by Gasteiger charge is 2.29. The molecule has 3 aromatic carbocycles. The largest absolute Gasteiger partial charge is 0.508 e. The number of aryl methyl sites for hydroxylation is 1. The number of hydrogen-bond donors (Lipinski definition) is 3. The first-order chi connectivity index (χ1) is 14.1. The third-order valence-electron chi connectivity index (χ3n) is 5.61. The molecule has 0 bridgehead atoms. The van der Waals surface area contributed by atoms with E-state index in [2.05, 4.69) is 10.5 Å². The Hall–Kier alpha value is -3.80. The average Bonchev–Trinajstić information content (AvgIpc) is 3.21. The maximum Gasteiger partial charge on any atom is 0.263 e. The van der Waals surface area contributed by atoms with Crippen molar-refractivity contribution in [1.82, 2.24) is 9.99 Å². The molecule has 0 radical (unpaired) electrons. The summed E-state index contributed by atoms with van der Waals surface area (Å²) in [5, 5.41) is 28.2. The lowest BCUT2D eigenvalue weighted by Crippen LogP contribution is -2.24. The van der Waals surface area contributed by atoms with Gasteiger partial charge in [-0.05, 0) is 29.0 Å². The minimum Gasteiger partial charge on any atom is -0.508 e. The van der Waals surface area contributed by atoms with Crippen LogP contribution in [-0.2, 0) is 7.05 Å². The lowest BCUT2D eigenvalue weighted by molar-refractivity contribution is 0.457. The second-order valence-corrected chi connectivity index (χ2v) is 7.27. The zero-order valence-corrected chi connectivity index (χ0v) is 15.8. The van der Waals surface area contributed by atoms with Crippen molar-refractivity contribution in [3.05, 3.63) is 82.1 Å². The molecule has 2 heterocycles. The van der Waals surface area contributed by atoms with Crippen LogP contribution in [0.4, 0.5) is 0 Å². The van der Waals surface area contributed by atoms with Crippen LogP contribution < -0.4 is 11.0 Å². The van der Waals surface area contributed by atoms with Crippen molar-refractivity contribution in [2.45, 2.75) is 12.5 Å². The van der Waals surface area contributed by atoms with Gasteiger partial charge in [-0.1, -0.05) is 42.5 Å². The first kappa shape index (κ1) is 17.3. The fourth-order valence-corrected chi connectivity index (χ4v) is 4.15. The van der Waals surface area contributed by atoms with E-state index >= 15 is 0 Å². The summed E-state index contributed by atoms with van der Waals surface area (Å²) in [7, 11) is 1.69. The van der Waals surface area contributed by atoms with Crippen LogP contribution >= 0.6 is 0 Å². The van der Waals surface area contributed by atoms with Gasteiger partial charge in [0.15, 0.2) is 0 Å². The summed E-state index contributed by atoms with van der Waals surface area (Å²) in [6, 6.07) is 18.3. The van der Waals surface area contributed by atoms with E-state index in [1.54, 1.807) is 25.2 Å². The van der Waals surface area contributed by atoms with Gasteiger partial charge in [0.2, 0.25) is 0 Å². The summed E-state index contributed by atoms with van der Waals surface area (Å²) in [5.41, 5.74) is 4.81. The third-order valence-corrected chi connectivity index (χ3v) is 5.61. The van der Waals surface area contributed by atoms with Gasteiger partial charge < -0.3 is 20.2 Å². The Balaban J connectivity index is 1.61. The van der Waals surface area contributed by atoms with E-state index in [0.29, 0.717) is 23.0 Å². The quantitative estimate of drug-likeness (QED) is 0.493. The molecule has 4 aromatic rings. The molecule has 0 amide bonds. The number of phenolic OH excluding ortho intramolecular Hbond substituents is 1. The van der Waals surface area contributed by atoms with Crippen molar-refractivity contribution in [3.8, 4) is 11.5 Å². The summed E-state index contributed by atoms with van der Waals surface area (Å²) in [4.78, 5) is 13.0. The van der Waals surface area contributed by atoms with Gasteiger partial charge in [0, 0.05) is 24.4 Å². The number of benzene rings is 3. The van der Waals surface area contributed by atoms with Crippen molar-refractivity contribution in [2.24, 2.45) is 12.1 Å². The summed E-state index contributed by atoms with van der Waals surface area (Å²) in [5.74, 6) is 0.111. The van der Waals surface area contributed by atoms with Gasteiger partial charge >= 0.3 is 0 Å². The Morgan fingerprint density at radius 1 is 1.00 bits per heavy atom. The van der Waals surface area contributed by atoms with E-state index in [1.807, 2.05) is 42.5 Å². The van der Waals surface area contributed by atoms with Gasteiger partial charge in [-0.25, -0.2) is 0 Å². The molecular weight excluding hydrogens is 366 g/mol. The molecule has 144 valence electrons. The highest BCUT2D eigenvalue weighted by atomic mass is 16.3. The van der Waals surface area contributed by atoms with Crippen LogP contribution in [-0.4, -0.2) is 20.5 Å². The molecule has 29 heavy (non-hydrogen) atoms. The third kappa shape index (κ3) is 2.56. The van der Waals surface area contributed by atoms with E-state index in [1.165, 1.54) is 4.57 Å². The number of aromatic hydroxyl groups is 2. The average molecular weight is 385 g/mol. The second-order valence-electron chi connectivity index (χ2n) is 7.27. The molecule has 6 heteroatoms. The fourth-order valence-electron chi connectivity index (χ4n) is 4.15. The summed E-state index contributed by atoms with van der Waals surface area (Å²) < 4.78 is 1.52. The van der Waals surface area contributed by atoms with Crippen LogP contribution in [0.1, 0.15) is 23.6 Å². The van der Waals surface area contributed by atoms with Crippen molar-refractivity contribution in [3.63, 3.8) is 0 Å². The minimum absolute atomic E-state index is 0.0629. The Bertz CT molecular complexity index is 1370. The zero-order valence-electron chi connectivity index (χ0n) is 15.8. The molecule has 1 unspecified atom stereocenters.